The highest BCUT2D eigenvalue weighted by molar-refractivity contribution is 6.05. The monoisotopic (exact) mass is 388 g/mol. The summed E-state index contributed by atoms with van der Waals surface area (Å²) in [5, 5.41) is 14.2. The number of hydrogen-bond acceptors (Lipinski definition) is 4. The van der Waals surface area contributed by atoms with Gasteiger partial charge in [-0.2, -0.15) is 5.10 Å². The van der Waals surface area contributed by atoms with Crippen LogP contribution in [0.4, 0.5) is 0 Å². The van der Waals surface area contributed by atoms with E-state index in [1.165, 1.54) is 24.8 Å². The zero-order chi connectivity index (χ0) is 19.6. The van der Waals surface area contributed by atoms with Gasteiger partial charge in [-0.15, -0.1) is 0 Å². The molecular weight excluding hydrogens is 364 g/mol. The molecule has 3 aromatic heterocycles. The second kappa shape index (κ2) is 7.67. The van der Waals surface area contributed by atoms with Crippen molar-refractivity contribution in [3.63, 3.8) is 0 Å². The van der Waals surface area contributed by atoms with Crippen LogP contribution in [-0.4, -0.2) is 32.0 Å². The minimum absolute atomic E-state index is 0.130. The van der Waals surface area contributed by atoms with Crippen molar-refractivity contribution in [1.29, 1.82) is 0 Å². The lowest BCUT2D eigenvalue weighted by Gasteiger charge is -2.25. The molecule has 0 atom stereocenters. The molecule has 3 heterocycles. The second-order valence-corrected chi connectivity index (χ2v) is 7.78. The quantitative estimate of drug-likeness (QED) is 0.454. The maximum atomic E-state index is 12.6. The molecule has 0 bridgehead atoms. The van der Waals surface area contributed by atoms with Crippen molar-refractivity contribution in [3.8, 4) is 0 Å². The normalized spacial score (nSPS) is 14.3. The molecule has 0 spiro atoms. The summed E-state index contributed by atoms with van der Waals surface area (Å²) < 4.78 is 2.03. The van der Waals surface area contributed by atoms with E-state index in [0.29, 0.717) is 12.1 Å². The highest BCUT2D eigenvalue weighted by Gasteiger charge is 2.16. The van der Waals surface area contributed by atoms with Gasteiger partial charge in [0.25, 0.3) is 5.91 Å². The van der Waals surface area contributed by atoms with E-state index < -0.39 is 0 Å². The Morgan fingerprint density at radius 1 is 1.17 bits per heavy atom. The molecule has 0 unspecified atom stereocenters. The predicted molar refractivity (Wildman–Crippen MR) is 112 cm³/mol. The first-order chi connectivity index (χ1) is 14.3. The zero-order valence-corrected chi connectivity index (χ0v) is 16.2. The van der Waals surface area contributed by atoms with Crippen molar-refractivity contribution in [3.05, 3.63) is 65.7 Å². The average Bonchev–Trinajstić information content (AvgIpc) is 3.33. The molecule has 0 saturated heterocycles. The first kappa shape index (κ1) is 17.9. The number of hydrogen-bond donors (Lipinski definition) is 3. The Bertz CT molecular complexity index is 1160. The van der Waals surface area contributed by atoms with E-state index in [0.717, 1.165) is 41.3 Å². The molecule has 7 nitrogen and oxygen atoms in total. The van der Waals surface area contributed by atoms with Crippen molar-refractivity contribution >= 4 is 22.5 Å². The van der Waals surface area contributed by atoms with Crippen molar-refractivity contribution in [2.45, 2.75) is 32.4 Å². The van der Waals surface area contributed by atoms with Crippen LogP contribution in [0.15, 0.2) is 48.9 Å². The van der Waals surface area contributed by atoms with E-state index in [1.807, 2.05) is 28.8 Å². The van der Waals surface area contributed by atoms with Gasteiger partial charge in [0.15, 0.2) is 0 Å². The van der Waals surface area contributed by atoms with Gasteiger partial charge in [0.05, 0.1) is 29.5 Å². The SMILES string of the molecule is O=C(NCc1cn2cc(CNCC3CCC3)ccc2n1)c1cccc2[nH]ncc12. The van der Waals surface area contributed by atoms with Gasteiger partial charge in [-0.25, -0.2) is 4.98 Å². The van der Waals surface area contributed by atoms with Gasteiger partial charge in [0.1, 0.15) is 5.65 Å². The zero-order valence-electron chi connectivity index (χ0n) is 16.2. The number of fused-ring (bicyclic) bond motifs is 2. The number of carbonyl (C=O) groups is 1. The number of aromatic amines is 1. The molecule has 0 aliphatic heterocycles. The van der Waals surface area contributed by atoms with Crippen LogP contribution in [0.1, 0.15) is 40.9 Å². The number of aromatic nitrogens is 4. The lowest BCUT2D eigenvalue weighted by molar-refractivity contribution is 0.0952. The summed E-state index contributed by atoms with van der Waals surface area (Å²) in [4.78, 5) is 17.2. The number of nitrogens with one attached hydrogen (secondary N) is 3. The van der Waals surface area contributed by atoms with Gasteiger partial charge in [0, 0.05) is 24.3 Å². The lowest BCUT2D eigenvalue weighted by atomic mass is 9.85. The fourth-order valence-electron chi connectivity index (χ4n) is 3.83. The topological polar surface area (TPSA) is 87.1 Å². The summed E-state index contributed by atoms with van der Waals surface area (Å²) >= 11 is 0. The molecule has 1 aromatic carbocycles. The van der Waals surface area contributed by atoms with Crippen LogP contribution in [-0.2, 0) is 13.1 Å². The van der Waals surface area contributed by atoms with Gasteiger partial charge in [-0.1, -0.05) is 18.6 Å². The Kier molecular flexibility index (Phi) is 4.73. The first-order valence-electron chi connectivity index (χ1n) is 10.1. The molecule has 5 rings (SSSR count). The van der Waals surface area contributed by atoms with E-state index in [-0.39, 0.29) is 5.91 Å². The van der Waals surface area contributed by atoms with Crippen molar-refractivity contribution in [2.24, 2.45) is 5.92 Å². The van der Waals surface area contributed by atoms with Crippen LogP contribution in [0.3, 0.4) is 0 Å². The molecule has 4 aromatic rings. The number of carbonyl (C=O) groups excluding carboxylic acids is 1. The number of nitrogens with zero attached hydrogens (tertiary/aromatic N) is 3. The van der Waals surface area contributed by atoms with Gasteiger partial charge in [0.2, 0.25) is 0 Å². The minimum atomic E-state index is -0.130. The van der Waals surface area contributed by atoms with Crippen molar-refractivity contribution < 1.29 is 4.79 Å². The Morgan fingerprint density at radius 3 is 2.97 bits per heavy atom. The van der Waals surface area contributed by atoms with E-state index in [1.54, 1.807) is 12.3 Å². The van der Waals surface area contributed by atoms with Crippen molar-refractivity contribution in [2.75, 3.05) is 6.54 Å². The van der Waals surface area contributed by atoms with Gasteiger partial charge < -0.3 is 15.0 Å². The third-order valence-corrected chi connectivity index (χ3v) is 5.71. The van der Waals surface area contributed by atoms with Crippen LogP contribution in [0, 0.1) is 5.92 Å². The van der Waals surface area contributed by atoms with Gasteiger partial charge >= 0.3 is 0 Å². The van der Waals surface area contributed by atoms with E-state index in [9.17, 15) is 4.79 Å². The van der Waals surface area contributed by atoms with Crippen LogP contribution in [0.25, 0.3) is 16.6 Å². The molecule has 29 heavy (non-hydrogen) atoms. The molecule has 7 heteroatoms. The molecule has 3 N–H and O–H groups in total. The maximum Gasteiger partial charge on any atom is 0.252 e. The standard InChI is InChI=1S/C22H24N6O/c29-22(18-5-2-6-20-19(18)12-25-27-20)24-11-17-14-28-13-16(7-8-21(28)26-17)10-23-9-15-3-1-4-15/h2,5-8,12-15,23H,1,3-4,9-11H2,(H,24,29)(H,25,27). The van der Waals surface area contributed by atoms with E-state index >= 15 is 0 Å². The molecule has 0 radical (unpaired) electrons. The highest BCUT2D eigenvalue weighted by atomic mass is 16.1. The Morgan fingerprint density at radius 2 is 2.10 bits per heavy atom. The molecule has 1 fully saturated rings. The van der Waals surface area contributed by atoms with Crippen LogP contribution < -0.4 is 10.6 Å². The maximum absolute atomic E-state index is 12.6. The van der Waals surface area contributed by atoms with Crippen molar-refractivity contribution in [1.82, 2.24) is 30.2 Å². The van der Waals surface area contributed by atoms with Crippen LogP contribution in [0.5, 0.6) is 0 Å². The summed E-state index contributed by atoms with van der Waals surface area (Å²) in [6.07, 6.45) is 9.85. The number of benzene rings is 1. The highest BCUT2D eigenvalue weighted by Crippen LogP contribution is 2.25. The van der Waals surface area contributed by atoms with E-state index in [4.69, 9.17) is 0 Å². The average molecular weight is 388 g/mol. The summed E-state index contributed by atoms with van der Waals surface area (Å²) in [7, 11) is 0. The molecule has 1 aliphatic carbocycles. The lowest BCUT2D eigenvalue weighted by Crippen LogP contribution is -2.26. The minimum Gasteiger partial charge on any atom is -0.346 e. The molecule has 1 amide bonds. The fraction of sp³-hybridized carbons (Fsp3) is 0.318. The summed E-state index contributed by atoms with van der Waals surface area (Å²) in [6.45, 7) is 2.35. The Balaban J connectivity index is 1.23. The first-order valence-corrected chi connectivity index (χ1v) is 10.1. The third-order valence-electron chi connectivity index (χ3n) is 5.71. The molecule has 148 valence electrons. The summed E-state index contributed by atoms with van der Waals surface area (Å²) in [6, 6.07) is 9.69. The number of amides is 1. The fourth-order valence-corrected chi connectivity index (χ4v) is 3.83. The Labute approximate surface area is 168 Å². The summed E-state index contributed by atoms with van der Waals surface area (Å²) in [5.74, 6) is 0.727. The number of H-pyrrole nitrogens is 1. The third kappa shape index (κ3) is 3.73. The molecule has 1 saturated carbocycles. The number of imidazole rings is 1. The second-order valence-electron chi connectivity index (χ2n) is 7.78. The van der Waals surface area contributed by atoms with Gasteiger partial charge in [-0.05, 0) is 49.1 Å². The van der Waals surface area contributed by atoms with E-state index in [2.05, 4.69) is 38.1 Å². The number of rotatable bonds is 7. The Hall–Kier alpha value is -3.19. The van der Waals surface area contributed by atoms with Crippen LogP contribution in [0.2, 0.25) is 0 Å². The largest absolute Gasteiger partial charge is 0.346 e. The smallest absolute Gasteiger partial charge is 0.252 e. The number of pyridine rings is 1. The predicted octanol–water partition coefficient (Wildman–Crippen LogP) is 3.03. The molecule has 1 aliphatic rings. The van der Waals surface area contributed by atoms with Gasteiger partial charge in [-0.3, -0.25) is 9.89 Å². The van der Waals surface area contributed by atoms with Crippen LogP contribution >= 0.6 is 0 Å². The summed E-state index contributed by atoms with van der Waals surface area (Å²) in [5.41, 5.74) is 4.41. The molecular formula is C22H24N6O.